The molecule has 5 atom stereocenters. The minimum absolute atomic E-state index is 0.0433. The number of piperidine rings is 1. The zero-order valence-corrected chi connectivity index (χ0v) is 27.3. The van der Waals surface area contributed by atoms with Crippen LogP contribution in [0.2, 0.25) is 0 Å². The number of fused-ring (bicyclic) bond motifs is 2. The van der Waals surface area contributed by atoms with Crippen molar-refractivity contribution in [1.82, 2.24) is 25.5 Å². The topological polar surface area (TPSA) is 76.2 Å². The molecule has 0 radical (unpaired) electrons. The molecule has 2 bridgehead atoms. The van der Waals surface area contributed by atoms with Gasteiger partial charge in [-0.2, -0.15) is 26.3 Å². The van der Waals surface area contributed by atoms with Gasteiger partial charge in [0, 0.05) is 18.5 Å². The Labute approximate surface area is 290 Å². The van der Waals surface area contributed by atoms with Crippen LogP contribution in [0, 0.1) is 0 Å². The van der Waals surface area contributed by atoms with Gasteiger partial charge < -0.3 is 9.47 Å². The summed E-state index contributed by atoms with van der Waals surface area (Å²) >= 11 is 0. The number of benzene rings is 4. The molecule has 4 aromatic carbocycles. The van der Waals surface area contributed by atoms with Crippen molar-refractivity contribution in [1.29, 1.82) is 0 Å². The summed E-state index contributed by atoms with van der Waals surface area (Å²) in [5.41, 5.74) is -1.19. The number of aromatic nitrogens is 4. The third kappa shape index (κ3) is 7.28. The van der Waals surface area contributed by atoms with E-state index in [1.54, 1.807) is 0 Å². The van der Waals surface area contributed by atoms with E-state index in [4.69, 9.17) is 9.47 Å². The summed E-state index contributed by atoms with van der Waals surface area (Å²) in [5.74, 6) is 0.447. The Kier molecular flexibility index (Phi) is 9.70. The number of hydrogen-bond acceptors (Lipinski definition) is 6. The Morgan fingerprint density at radius 3 is 1.98 bits per heavy atom. The van der Waals surface area contributed by atoms with E-state index in [2.05, 4.69) is 25.5 Å². The highest BCUT2D eigenvalue weighted by atomic mass is 19.4. The highest BCUT2D eigenvalue weighted by Crippen LogP contribution is 2.58. The fourth-order valence-corrected chi connectivity index (χ4v) is 7.79. The van der Waals surface area contributed by atoms with Gasteiger partial charge in [0.15, 0.2) is 5.82 Å². The largest absolute Gasteiger partial charge is 0.416 e. The van der Waals surface area contributed by atoms with Crippen LogP contribution < -0.4 is 0 Å². The molecule has 7 rings (SSSR count). The SMILES string of the molecule is FC(F)(F)c1cc([C@H](COCc2ccccc2)O[C@@H]2CC[C@H]3[C@H](c4nnn[nH]4)C[C@]2(c2ccccc2)N3Cc2ccccc2)cc(C(F)(F)F)c1. The van der Waals surface area contributed by atoms with E-state index >= 15 is 0 Å². The first-order chi connectivity index (χ1) is 24.5. The monoisotopic (exact) mass is 707 g/mol. The molecule has 0 saturated carbocycles. The van der Waals surface area contributed by atoms with Crippen LogP contribution in [0.1, 0.15) is 70.5 Å². The van der Waals surface area contributed by atoms with Crippen LogP contribution in [0.4, 0.5) is 26.3 Å². The lowest BCUT2D eigenvalue weighted by Gasteiger charge is -2.51. The average molecular weight is 708 g/mol. The summed E-state index contributed by atoms with van der Waals surface area (Å²) in [6, 6.07) is 30.3. The fourth-order valence-electron chi connectivity index (χ4n) is 7.79. The molecule has 3 heterocycles. The quantitative estimate of drug-likeness (QED) is 0.139. The van der Waals surface area contributed by atoms with Gasteiger partial charge in [-0.1, -0.05) is 91.0 Å². The molecule has 1 N–H and O–H groups in total. The van der Waals surface area contributed by atoms with Crippen molar-refractivity contribution in [3.8, 4) is 0 Å². The molecule has 2 saturated heterocycles. The smallest absolute Gasteiger partial charge is 0.374 e. The van der Waals surface area contributed by atoms with Crippen molar-refractivity contribution in [2.75, 3.05) is 6.61 Å². The number of alkyl halides is 6. The first-order valence-electron chi connectivity index (χ1n) is 16.7. The van der Waals surface area contributed by atoms with Gasteiger partial charge in [-0.05, 0) is 70.1 Å². The molecule has 266 valence electrons. The lowest BCUT2D eigenvalue weighted by molar-refractivity contribution is -0.150. The lowest BCUT2D eigenvalue weighted by Crippen LogP contribution is -2.57. The van der Waals surface area contributed by atoms with Gasteiger partial charge in [0.05, 0.1) is 36.0 Å². The zero-order chi connectivity index (χ0) is 35.6. The highest BCUT2D eigenvalue weighted by Gasteiger charge is 2.61. The normalized spacial score (nSPS) is 23.0. The second-order valence-corrected chi connectivity index (χ2v) is 13.1. The molecule has 2 fully saturated rings. The molecule has 5 aromatic rings. The number of halogens is 6. The molecule has 2 aliphatic heterocycles. The van der Waals surface area contributed by atoms with Crippen LogP contribution in [0.3, 0.4) is 0 Å². The molecule has 0 aliphatic carbocycles. The van der Waals surface area contributed by atoms with Crippen LogP contribution in [0.15, 0.2) is 109 Å². The van der Waals surface area contributed by atoms with E-state index in [0.717, 1.165) is 28.8 Å². The Morgan fingerprint density at radius 1 is 0.784 bits per heavy atom. The highest BCUT2D eigenvalue weighted by molar-refractivity contribution is 5.37. The maximum Gasteiger partial charge on any atom is 0.416 e. The van der Waals surface area contributed by atoms with Gasteiger partial charge in [0.2, 0.25) is 0 Å². The molecule has 1 aromatic heterocycles. The number of hydrogen-bond donors (Lipinski definition) is 1. The number of nitrogens with one attached hydrogen (secondary N) is 1. The Hall–Kier alpha value is -4.59. The van der Waals surface area contributed by atoms with Crippen molar-refractivity contribution < 1.29 is 35.8 Å². The Bertz CT molecular complexity index is 1840. The van der Waals surface area contributed by atoms with Crippen LogP contribution in [0.5, 0.6) is 0 Å². The molecule has 0 amide bonds. The van der Waals surface area contributed by atoms with Crippen molar-refractivity contribution >= 4 is 0 Å². The summed E-state index contributed by atoms with van der Waals surface area (Å²) in [5, 5.41) is 14.9. The molecular weight excluding hydrogens is 672 g/mol. The van der Waals surface area contributed by atoms with E-state index in [1.807, 2.05) is 91.0 Å². The van der Waals surface area contributed by atoms with Gasteiger partial charge in [-0.15, -0.1) is 5.10 Å². The molecule has 0 unspecified atom stereocenters. The summed E-state index contributed by atoms with van der Waals surface area (Å²) < 4.78 is 97.6. The molecular formula is C38H35F6N5O2. The van der Waals surface area contributed by atoms with E-state index in [9.17, 15) is 26.3 Å². The minimum atomic E-state index is -5.02. The standard InChI is InChI=1S/C38H35F6N5O2/c39-37(40,41)29-18-27(19-30(20-29)38(42,43)44)33(24-50-23-26-12-6-2-7-13-26)51-34-17-16-32-31(35-45-47-48-46-35)21-36(34,28-14-8-3-9-15-28)49(32)22-25-10-4-1-5-11-25/h1-15,18-20,31-34H,16-17,21-24H2,(H,45,46,47,48)/t31-,32+,33+,34-,36-/m1/s1. The van der Waals surface area contributed by atoms with E-state index in [1.165, 1.54) is 0 Å². The summed E-state index contributed by atoms with van der Waals surface area (Å²) in [4.78, 5) is 2.36. The molecule has 2 aliphatic rings. The van der Waals surface area contributed by atoms with Crippen LogP contribution in [-0.2, 0) is 40.5 Å². The van der Waals surface area contributed by atoms with Crippen LogP contribution in [0.25, 0.3) is 0 Å². The van der Waals surface area contributed by atoms with E-state index in [0.29, 0.717) is 31.6 Å². The molecule has 7 nitrogen and oxygen atoms in total. The third-order valence-corrected chi connectivity index (χ3v) is 10.0. The van der Waals surface area contributed by atoms with Crippen LogP contribution >= 0.6 is 0 Å². The molecule has 51 heavy (non-hydrogen) atoms. The Balaban J connectivity index is 1.33. The van der Waals surface area contributed by atoms with Gasteiger partial charge in [-0.25, -0.2) is 5.10 Å². The predicted octanol–water partition coefficient (Wildman–Crippen LogP) is 8.63. The number of ether oxygens (including phenoxy) is 2. The van der Waals surface area contributed by atoms with Crippen molar-refractivity contribution in [3.05, 3.63) is 148 Å². The van der Waals surface area contributed by atoms with Gasteiger partial charge in [-0.3, -0.25) is 4.90 Å². The maximum atomic E-state index is 14.1. The number of tetrazole rings is 1. The molecule has 0 spiro atoms. The first-order valence-corrected chi connectivity index (χ1v) is 16.7. The summed E-state index contributed by atoms with van der Waals surface area (Å²) in [7, 11) is 0. The van der Waals surface area contributed by atoms with Crippen molar-refractivity contribution in [3.63, 3.8) is 0 Å². The second kappa shape index (κ2) is 14.2. The minimum Gasteiger partial charge on any atom is -0.374 e. The number of rotatable bonds is 11. The first kappa shape index (κ1) is 34.8. The van der Waals surface area contributed by atoms with E-state index < -0.39 is 41.2 Å². The van der Waals surface area contributed by atoms with Gasteiger partial charge >= 0.3 is 12.4 Å². The Morgan fingerprint density at radius 2 is 1.39 bits per heavy atom. The predicted molar refractivity (Wildman–Crippen MR) is 175 cm³/mol. The van der Waals surface area contributed by atoms with Crippen LogP contribution in [-0.4, -0.2) is 44.3 Å². The van der Waals surface area contributed by atoms with E-state index in [-0.39, 0.29) is 36.8 Å². The number of H-pyrrole nitrogens is 1. The fraction of sp³-hybridized carbons (Fsp3) is 0.342. The summed E-state index contributed by atoms with van der Waals surface area (Å²) in [6.45, 7) is 0.310. The van der Waals surface area contributed by atoms with Crippen molar-refractivity contribution in [2.24, 2.45) is 0 Å². The number of nitrogens with zero attached hydrogens (tertiary/aromatic N) is 4. The average Bonchev–Trinajstić information content (AvgIpc) is 3.73. The molecule has 13 heteroatoms. The number of aromatic amines is 1. The third-order valence-electron chi connectivity index (χ3n) is 10.0. The van der Waals surface area contributed by atoms with Gasteiger partial charge in [0.1, 0.15) is 6.10 Å². The summed E-state index contributed by atoms with van der Waals surface area (Å²) in [6.07, 6.45) is -10.4. The maximum absolute atomic E-state index is 14.1. The second-order valence-electron chi connectivity index (χ2n) is 13.1. The van der Waals surface area contributed by atoms with Crippen molar-refractivity contribution in [2.45, 2.75) is 74.5 Å². The lowest BCUT2D eigenvalue weighted by atomic mass is 9.78. The zero-order valence-electron chi connectivity index (χ0n) is 27.3. The van der Waals surface area contributed by atoms with Gasteiger partial charge in [0.25, 0.3) is 0 Å².